The van der Waals surface area contributed by atoms with E-state index in [1.165, 1.54) is 36.9 Å². The lowest BCUT2D eigenvalue weighted by Gasteiger charge is -2.58. The Hall–Kier alpha value is -1.06. The van der Waals surface area contributed by atoms with E-state index in [0.717, 1.165) is 43.4 Å². The smallest absolute Gasteiger partial charge is 0.0596 e. The summed E-state index contributed by atoms with van der Waals surface area (Å²) in [6, 6.07) is 9.27. The van der Waals surface area contributed by atoms with Crippen LogP contribution in [0.2, 0.25) is 0 Å². The van der Waals surface area contributed by atoms with Crippen LogP contribution in [0.1, 0.15) is 69.8 Å². The fourth-order valence-electron chi connectivity index (χ4n) is 8.29. The molecule has 0 heterocycles. The lowest BCUT2D eigenvalue weighted by atomic mass is 9.46. The number of nitrogens with zero attached hydrogens (tertiary/aromatic N) is 1. The second-order valence-electron chi connectivity index (χ2n) is 11.2. The summed E-state index contributed by atoms with van der Waals surface area (Å²) in [4.78, 5) is 2.17. The van der Waals surface area contributed by atoms with Gasteiger partial charge in [-0.3, -0.25) is 0 Å². The summed E-state index contributed by atoms with van der Waals surface area (Å²) in [6.45, 7) is 2.39. The van der Waals surface area contributed by atoms with Crippen molar-refractivity contribution in [2.24, 2.45) is 35.0 Å². The summed E-state index contributed by atoms with van der Waals surface area (Å²) in [7, 11) is 4.20. The van der Waals surface area contributed by atoms with Crippen molar-refractivity contribution in [3.8, 4) is 0 Å². The average molecular weight is 398 g/mol. The summed E-state index contributed by atoms with van der Waals surface area (Å²) < 4.78 is 0. The molecular formula is C26H39NO2. The Balaban J connectivity index is 1.53. The molecule has 0 amide bonds. The molecule has 0 aromatic heterocycles. The van der Waals surface area contributed by atoms with Crippen LogP contribution >= 0.6 is 0 Å². The van der Waals surface area contributed by atoms with Gasteiger partial charge in [-0.15, -0.1) is 0 Å². The van der Waals surface area contributed by atoms with Crippen LogP contribution < -0.4 is 4.90 Å². The molecule has 4 aliphatic rings. The maximum Gasteiger partial charge on any atom is 0.0596 e. The van der Waals surface area contributed by atoms with Crippen LogP contribution in [0.15, 0.2) is 24.3 Å². The molecule has 4 aliphatic carbocycles. The zero-order chi connectivity index (χ0) is 20.3. The maximum absolute atomic E-state index is 11.0. The van der Waals surface area contributed by atoms with Crippen LogP contribution in [-0.2, 0) is 0 Å². The quantitative estimate of drug-likeness (QED) is 0.752. The number of fused-ring (bicyclic) bond motifs is 5. The molecule has 0 bridgehead atoms. The van der Waals surface area contributed by atoms with Crippen molar-refractivity contribution < 1.29 is 10.2 Å². The first-order valence-electron chi connectivity index (χ1n) is 12.0. The summed E-state index contributed by atoms with van der Waals surface area (Å²) in [5, 5.41) is 21.3. The van der Waals surface area contributed by atoms with Crippen molar-refractivity contribution in [1.29, 1.82) is 0 Å². The highest BCUT2D eigenvalue weighted by atomic mass is 16.3. The molecule has 4 saturated carbocycles. The number of hydrogen-bond acceptors (Lipinski definition) is 3. The van der Waals surface area contributed by atoms with Gasteiger partial charge in [0.25, 0.3) is 0 Å². The summed E-state index contributed by atoms with van der Waals surface area (Å²) >= 11 is 0. The minimum absolute atomic E-state index is 0.0761. The SMILES string of the molecule is CN(C)c1ccc([C@H]2C[C@]3(C)[C@@H](O)CC[C@H]3[C@@H]3CCC4CC(O)CC[C@@H]4[C@H]32)cc1. The Kier molecular flexibility index (Phi) is 4.98. The first kappa shape index (κ1) is 19.9. The minimum Gasteiger partial charge on any atom is -0.393 e. The van der Waals surface area contributed by atoms with Gasteiger partial charge in [-0.05, 0) is 110 Å². The van der Waals surface area contributed by atoms with E-state index in [-0.39, 0.29) is 17.6 Å². The van der Waals surface area contributed by atoms with Crippen molar-refractivity contribution in [3.63, 3.8) is 0 Å². The minimum atomic E-state index is -0.136. The van der Waals surface area contributed by atoms with Gasteiger partial charge in [0.15, 0.2) is 0 Å². The number of anilines is 1. The summed E-state index contributed by atoms with van der Waals surface area (Å²) in [5.74, 6) is 4.19. The predicted molar refractivity (Wildman–Crippen MR) is 118 cm³/mol. The Morgan fingerprint density at radius 2 is 1.62 bits per heavy atom. The highest BCUT2D eigenvalue weighted by Crippen LogP contribution is 2.66. The molecule has 1 aromatic rings. The normalized spacial score (nSPS) is 46.5. The van der Waals surface area contributed by atoms with E-state index in [1.807, 2.05) is 0 Å². The van der Waals surface area contributed by atoms with E-state index >= 15 is 0 Å². The molecule has 3 heteroatoms. The van der Waals surface area contributed by atoms with Crippen LogP contribution in [-0.4, -0.2) is 36.5 Å². The first-order chi connectivity index (χ1) is 13.9. The predicted octanol–water partition coefficient (Wildman–Crippen LogP) is 4.82. The van der Waals surface area contributed by atoms with Gasteiger partial charge in [0.1, 0.15) is 0 Å². The molecule has 4 fully saturated rings. The number of hydrogen-bond donors (Lipinski definition) is 2. The zero-order valence-electron chi connectivity index (χ0n) is 18.4. The summed E-state index contributed by atoms with van der Waals surface area (Å²) in [6.07, 6.45) is 8.92. The molecule has 0 radical (unpaired) electrons. The molecule has 5 rings (SSSR count). The molecule has 0 spiro atoms. The van der Waals surface area contributed by atoms with Gasteiger partial charge in [-0.1, -0.05) is 19.1 Å². The monoisotopic (exact) mass is 397 g/mol. The van der Waals surface area contributed by atoms with Crippen molar-refractivity contribution in [1.82, 2.24) is 0 Å². The zero-order valence-corrected chi connectivity index (χ0v) is 18.4. The van der Waals surface area contributed by atoms with Gasteiger partial charge < -0.3 is 15.1 Å². The van der Waals surface area contributed by atoms with Gasteiger partial charge in [0, 0.05) is 19.8 Å². The fourth-order valence-corrected chi connectivity index (χ4v) is 8.29. The number of aliphatic hydroxyl groups excluding tert-OH is 2. The Morgan fingerprint density at radius 1 is 0.897 bits per heavy atom. The highest BCUT2D eigenvalue weighted by Gasteiger charge is 2.59. The van der Waals surface area contributed by atoms with E-state index in [4.69, 9.17) is 0 Å². The van der Waals surface area contributed by atoms with Gasteiger partial charge >= 0.3 is 0 Å². The second kappa shape index (κ2) is 7.27. The van der Waals surface area contributed by atoms with E-state index in [9.17, 15) is 10.2 Å². The number of benzene rings is 1. The van der Waals surface area contributed by atoms with Crippen LogP contribution in [0.5, 0.6) is 0 Å². The van der Waals surface area contributed by atoms with Crippen LogP contribution in [0.4, 0.5) is 5.69 Å². The molecule has 0 saturated heterocycles. The molecular weight excluding hydrogens is 358 g/mol. The third kappa shape index (κ3) is 3.15. The molecule has 2 N–H and O–H groups in total. The van der Waals surface area contributed by atoms with Crippen LogP contribution in [0, 0.1) is 35.0 Å². The van der Waals surface area contributed by atoms with Gasteiger partial charge in [-0.25, -0.2) is 0 Å². The van der Waals surface area contributed by atoms with Crippen LogP contribution in [0.25, 0.3) is 0 Å². The molecule has 160 valence electrons. The van der Waals surface area contributed by atoms with E-state index < -0.39 is 0 Å². The van der Waals surface area contributed by atoms with Crippen molar-refractivity contribution in [3.05, 3.63) is 29.8 Å². The topological polar surface area (TPSA) is 43.7 Å². The standard InChI is InChI=1S/C26H39NO2/c1-26-15-22(16-4-7-18(8-5-16)27(2)3)25-20-11-9-19(28)14-17(20)6-10-21(25)23(26)12-13-24(26)29/h4-5,7-8,17,19-25,28-29H,6,9-15H2,1-3H3/t17?,19?,20-,21-,22+,23-,24-,25+,26-/m0/s1. The first-order valence-corrected chi connectivity index (χ1v) is 12.0. The summed E-state index contributed by atoms with van der Waals surface area (Å²) in [5.41, 5.74) is 2.82. The van der Waals surface area contributed by atoms with Crippen molar-refractivity contribution in [2.75, 3.05) is 19.0 Å². The molecule has 9 atom stereocenters. The Bertz CT molecular complexity index is 731. The largest absolute Gasteiger partial charge is 0.393 e. The van der Waals surface area contributed by atoms with E-state index in [2.05, 4.69) is 50.2 Å². The lowest BCUT2D eigenvalue weighted by Crippen LogP contribution is -2.52. The average Bonchev–Trinajstić information content (AvgIpc) is 3.01. The maximum atomic E-state index is 11.0. The Morgan fingerprint density at radius 3 is 2.34 bits per heavy atom. The third-order valence-electron chi connectivity index (χ3n) is 9.71. The second-order valence-corrected chi connectivity index (χ2v) is 11.2. The Labute approximate surface area is 176 Å². The van der Waals surface area contributed by atoms with Crippen molar-refractivity contribution >= 4 is 5.69 Å². The highest BCUT2D eigenvalue weighted by molar-refractivity contribution is 5.47. The number of aliphatic hydroxyl groups is 2. The molecule has 29 heavy (non-hydrogen) atoms. The lowest BCUT2D eigenvalue weighted by molar-refractivity contribution is -0.103. The molecule has 2 unspecified atom stereocenters. The van der Waals surface area contributed by atoms with E-state index in [1.54, 1.807) is 0 Å². The fraction of sp³-hybridized carbons (Fsp3) is 0.769. The van der Waals surface area contributed by atoms with Gasteiger partial charge in [-0.2, -0.15) is 0 Å². The molecule has 0 aliphatic heterocycles. The van der Waals surface area contributed by atoms with Crippen molar-refractivity contribution in [2.45, 2.75) is 76.4 Å². The molecule has 1 aromatic carbocycles. The van der Waals surface area contributed by atoms with Crippen LogP contribution in [0.3, 0.4) is 0 Å². The van der Waals surface area contributed by atoms with E-state index in [0.29, 0.717) is 17.8 Å². The van der Waals surface area contributed by atoms with Gasteiger partial charge in [0.05, 0.1) is 12.2 Å². The number of rotatable bonds is 2. The third-order valence-corrected chi connectivity index (χ3v) is 9.71. The van der Waals surface area contributed by atoms with Gasteiger partial charge in [0.2, 0.25) is 0 Å². The molecule has 3 nitrogen and oxygen atoms in total.